The summed E-state index contributed by atoms with van der Waals surface area (Å²) in [6.45, 7) is 3.69. The van der Waals surface area contributed by atoms with E-state index in [0.29, 0.717) is 12.2 Å². The van der Waals surface area contributed by atoms with E-state index in [0.717, 1.165) is 0 Å². The molecule has 1 unspecified atom stereocenters. The normalized spacial score (nSPS) is 11.7. The van der Waals surface area contributed by atoms with Crippen molar-refractivity contribution in [3.8, 4) is 5.75 Å². The number of hydrogen-bond donors (Lipinski definition) is 2. The predicted octanol–water partition coefficient (Wildman–Crippen LogP) is 2.38. The highest BCUT2D eigenvalue weighted by Crippen LogP contribution is 2.22. The Morgan fingerprint density at radius 2 is 2.11 bits per heavy atom. The lowest BCUT2D eigenvalue weighted by Gasteiger charge is -2.12. The highest BCUT2D eigenvalue weighted by molar-refractivity contribution is 6.01. The number of carboxylic acids is 1. The highest BCUT2D eigenvalue weighted by Gasteiger charge is 2.16. The van der Waals surface area contributed by atoms with Gasteiger partial charge in [-0.05, 0) is 24.6 Å². The molecule has 98 valence electrons. The Kier molecular flexibility index (Phi) is 4.71. The molecule has 0 saturated heterocycles. The molecule has 0 aliphatic carbocycles. The highest BCUT2D eigenvalue weighted by atomic mass is 16.5. The van der Waals surface area contributed by atoms with Crippen molar-refractivity contribution in [1.29, 1.82) is 0 Å². The Morgan fingerprint density at radius 3 is 2.61 bits per heavy atom. The first-order valence-electron chi connectivity index (χ1n) is 5.71. The Hall–Kier alpha value is -2.04. The number of carbonyl (C=O) groups is 2. The Bertz CT molecular complexity index is 456. The van der Waals surface area contributed by atoms with E-state index in [-0.39, 0.29) is 23.1 Å². The number of carboxylic acid groups (broad SMARTS) is 1. The fourth-order valence-corrected chi connectivity index (χ4v) is 1.38. The Balaban J connectivity index is 3.01. The van der Waals surface area contributed by atoms with Gasteiger partial charge in [-0.25, -0.2) is 4.79 Å². The maximum absolute atomic E-state index is 11.7. The quantitative estimate of drug-likeness (QED) is 0.842. The van der Waals surface area contributed by atoms with E-state index in [1.165, 1.54) is 19.2 Å². The molecular weight excluding hydrogens is 234 g/mol. The van der Waals surface area contributed by atoms with Crippen molar-refractivity contribution >= 4 is 17.6 Å². The van der Waals surface area contributed by atoms with Crippen molar-refractivity contribution in [1.82, 2.24) is 0 Å². The van der Waals surface area contributed by atoms with E-state index >= 15 is 0 Å². The maximum atomic E-state index is 11.7. The van der Waals surface area contributed by atoms with E-state index in [4.69, 9.17) is 9.84 Å². The van der Waals surface area contributed by atoms with Gasteiger partial charge in [-0.15, -0.1) is 0 Å². The van der Waals surface area contributed by atoms with Crippen molar-refractivity contribution in [3.63, 3.8) is 0 Å². The maximum Gasteiger partial charge on any atom is 0.337 e. The number of carbonyl (C=O) groups excluding carboxylic acids is 1. The molecule has 0 fully saturated rings. The van der Waals surface area contributed by atoms with Gasteiger partial charge < -0.3 is 15.2 Å². The monoisotopic (exact) mass is 251 g/mol. The van der Waals surface area contributed by atoms with Crippen LogP contribution in [0.5, 0.6) is 5.75 Å². The minimum Gasteiger partial charge on any atom is -0.497 e. The van der Waals surface area contributed by atoms with E-state index in [9.17, 15) is 9.59 Å². The zero-order valence-corrected chi connectivity index (χ0v) is 10.7. The fourth-order valence-electron chi connectivity index (χ4n) is 1.38. The van der Waals surface area contributed by atoms with Crippen molar-refractivity contribution in [2.75, 3.05) is 12.4 Å². The van der Waals surface area contributed by atoms with Gasteiger partial charge in [0.1, 0.15) is 5.75 Å². The zero-order chi connectivity index (χ0) is 13.7. The summed E-state index contributed by atoms with van der Waals surface area (Å²) in [7, 11) is 1.46. The van der Waals surface area contributed by atoms with Crippen LogP contribution in [0.25, 0.3) is 0 Å². The third-order valence-corrected chi connectivity index (χ3v) is 2.77. The van der Waals surface area contributed by atoms with E-state index < -0.39 is 5.97 Å². The van der Waals surface area contributed by atoms with Crippen molar-refractivity contribution in [2.24, 2.45) is 5.92 Å². The van der Waals surface area contributed by atoms with E-state index in [2.05, 4.69) is 5.32 Å². The summed E-state index contributed by atoms with van der Waals surface area (Å²) < 4.78 is 4.96. The molecule has 0 aliphatic rings. The lowest BCUT2D eigenvalue weighted by atomic mass is 10.1. The molecule has 0 spiro atoms. The first-order chi connectivity index (χ1) is 8.49. The smallest absolute Gasteiger partial charge is 0.337 e. The molecule has 0 heterocycles. The molecule has 0 aromatic heterocycles. The second-order valence-electron chi connectivity index (χ2n) is 4.02. The van der Waals surface area contributed by atoms with Crippen molar-refractivity contribution in [2.45, 2.75) is 20.3 Å². The lowest BCUT2D eigenvalue weighted by molar-refractivity contribution is -0.119. The van der Waals surface area contributed by atoms with E-state index in [1.54, 1.807) is 13.0 Å². The third-order valence-electron chi connectivity index (χ3n) is 2.77. The summed E-state index contributed by atoms with van der Waals surface area (Å²) >= 11 is 0. The van der Waals surface area contributed by atoms with Crippen LogP contribution in [0.2, 0.25) is 0 Å². The van der Waals surface area contributed by atoms with Crippen LogP contribution in [-0.4, -0.2) is 24.1 Å². The van der Waals surface area contributed by atoms with Crippen LogP contribution in [0.1, 0.15) is 30.6 Å². The molecule has 2 N–H and O–H groups in total. The summed E-state index contributed by atoms with van der Waals surface area (Å²) in [5.74, 6) is -1.01. The number of methoxy groups -OCH3 is 1. The molecule has 18 heavy (non-hydrogen) atoms. The minimum absolute atomic E-state index is 0.0194. The molecule has 1 aromatic rings. The average Bonchev–Trinajstić information content (AvgIpc) is 2.37. The molecule has 1 atom stereocenters. The SMILES string of the molecule is CCC(C)C(=O)Nc1ccc(OC)cc1C(=O)O. The topological polar surface area (TPSA) is 75.6 Å². The van der Waals surface area contributed by atoms with Gasteiger partial charge in [0, 0.05) is 5.92 Å². The van der Waals surface area contributed by atoms with Gasteiger partial charge in [-0.1, -0.05) is 13.8 Å². The molecule has 0 bridgehead atoms. The number of rotatable bonds is 5. The van der Waals surface area contributed by atoms with Gasteiger partial charge in [-0.2, -0.15) is 0 Å². The van der Waals surface area contributed by atoms with Crippen LogP contribution in [0.4, 0.5) is 5.69 Å². The van der Waals surface area contributed by atoms with E-state index in [1.807, 2.05) is 6.92 Å². The molecule has 1 rings (SSSR count). The summed E-state index contributed by atoms with van der Waals surface area (Å²) in [5.41, 5.74) is 0.305. The van der Waals surface area contributed by atoms with Crippen molar-refractivity contribution < 1.29 is 19.4 Å². The second kappa shape index (κ2) is 6.05. The van der Waals surface area contributed by atoms with Gasteiger partial charge in [0.05, 0.1) is 18.4 Å². The van der Waals surface area contributed by atoms with Crippen LogP contribution in [0.3, 0.4) is 0 Å². The summed E-state index contributed by atoms with van der Waals surface area (Å²) in [5, 5.41) is 11.7. The number of anilines is 1. The predicted molar refractivity (Wildman–Crippen MR) is 68.0 cm³/mol. The summed E-state index contributed by atoms with van der Waals surface area (Å²) in [4.78, 5) is 22.8. The van der Waals surface area contributed by atoms with Crippen LogP contribution >= 0.6 is 0 Å². The fraction of sp³-hybridized carbons (Fsp3) is 0.385. The van der Waals surface area contributed by atoms with Crippen LogP contribution < -0.4 is 10.1 Å². The molecule has 0 radical (unpaired) electrons. The zero-order valence-electron chi connectivity index (χ0n) is 10.7. The molecule has 0 aliphatic heterocycles. The van der Waals surface area contributed by atoms with Crippen LogP contribution in [-0.2, 0) is 4.79 Å². The minimum atomic E-state index is -1.10. The first kappa shape index (κ1) is 14.0. The molecule has 5 heteroatoms. The molecule has 0 saturated carbocycles. The molecule has 5 nitrogen and oxygen atoms in total. The van der Waals surface area contributed by atoms with Crippen LogP contribution in [0.15, 0.2) is 18.2 Å². The standard InChI is InChI=1S/C13H17NO4/c1-4-8(2)12(15)14-11-6-5-9(18-3)7-10(11)13(16)17/h5-8H,4H2,1-3H3,(H,14,15)(H,16,17). The lowest BCUT2D eigenvalue weighted by Crippen LogP contribution is -2.21. The van der Waals surface area contributed by atoms with Gasteiger partial charge in [0.25, 0.3) is 0 Å². The number of amides is 1. The molecular formula is C13H17NO4. The Labute approximate surface area is 106 Å². The Morgan fingerprint density at radius 1 is 1.44 bits per heavy atom. The number of hydrogen-bond acceptors (Lipinski definition) is 3. The number of benzene rings is 1. The van der Waals surface area contributed by atoms with Gasteiger partial charge in [0.15, 0.2) is 0 Å². The molecule has 1 amide bonds. The summed E-state index contributed by atoms with van der Waals surface area (Å²) in [6.07, 6.45) is 0.699. The van der Waals surface area contributed by atoms with Gasteiger partial charge in [0.2, 0.25) is 5.91 Å². The second-order valence-corrected chi connectivity index (χ2v) is 4.02. The third kappa shape index (κ3) is 3.23. The number of aromatic carboxylic acids is 1. The van der Waals surface area contributed by atoms with Gasteiger partial charge in [-0.3, -0.25) is 4.79 Å². The largest absolute Gasteiger partial charge is 0.497 e. The first-order valence-corrected chi connectivity index (χ1v) is 5.71. The van der Waals surface area contributed by atoms with Crippen LogP contribution in [0, 0.1) is 5.92 Å². The average molecular weight is 251 g/mol. The number of nitrogens with one attached hydrogen (secondary N) is 1. The van der Waals surface area contributed by atoms with Crippen molar-refractivity contribution in [3.05, 3.63) is 23.8 Å². The molecule has 1 aromatic carbocycles. The number of ether oxygens (including phenoxy) is 1. The van der Waals surface area contributed by atoms with Gasteiger partial charge >= 0.3 is 5.97 Å². The summed E-state index contributed by atoms with van der Waals surface area (Å²) in [6, 6.07) is 4.52.